The summed E-state index contributed by atoms with van der Waals surface area (Å²) in [6, 6.07) is 11.7. The number of pyridine rings is 1. The highest BCUT2D eigenvalue weighted by Gasteiger charge is 2.26. The van der Waals surface area contributed by atoms with Crippen molar-refractivity contribution >= 4 is 34.7 Å². The number of halogens is 2. The van der Waals surface area contributed by atoms with Crippen molar-refractivity contribution in [2.24, 2.45) is 0 Å². The Bertz CT molecular complexity index is 1000. The number of benzene rings is 1. The van der Waals surface area contributed by atoms with Crippen LogP contribution in [-0.2, 0) is 0 Å². The highest BCUT2D eigenvalue weighted by Crippen LogP contribution is 2.29. The van der Waals surface area contributed by atoms with Gasteiger partial charge in [0.2, 0.25) is 0 Å². The number of nitrogens with zero attached hydrogens (tertiary/aromatic N) is 4. The smallest absolute Gasteiger partial charge is 0.265 e. The molecule has 28 heavy (non-hydrogen) atoms. The minimum atomic E-state index is -0.291. The van der Waals surface area contributed by atoms with Crippen LogP contribution >= 0.6 is 22.9 Å². The molecule has 144 valence electrons. The second kappa shape index (κ2) is 7.85. The Morgan fingerprint density at radius 3 is 2.46 bits per heavy atom. The van der Waals surface area contributed by atoms with E-state index < -0.39 is 0 Å². The predicted molar refractivity (Wildman–Crippen MR) is 110 cm³/mol. The molecule has 0 N–H and O–H groups in total. The molecule has 0 saturated carbocycles. The van der Waals surface area contributed by atoms with Crippen LogP contribution in [0.25, 0.3) is 10.6 Å². The topological polar surface area (TPSA) is 49.3 Å². The van der Waals surface area contributed by atoms with Crippen molar-refractivity contribution in [1.29, 1.82) is 0 Å². The quantitative estimate of drug-likeness (QED) is 0.598. The highest BCUT2D eigenvalue weighted by atomic mass is 35.5. The summed E-state index contributed by atoms with van der Waals surface area (Å²) in [5, 5.41) is 1.19. The standard InChI is InChI=1S/C20H18ClFN4OS/c1-13-18(28-19(23-13)14-5-7-15(22)8-6-14)20(27)26-11-9-25(10-12-26)17-4-2-3-16(21)24-17/h2-8H,9-12H2,1H3. The number of aryl methyl sites for hydroxylation is 1. The summed E-state index contributed by atoms with van der Waals surface area (Å²) in [5.74, 6) is 0.523. The fourth-order valence-electron chi connectivity index (χ4n) is 3.17. The first kappa shape index (κ1) is 18.8. The lowest BCUT2D eigenvalue weighted by molar-refractivity contribution is 0.0750. The third-order valence-corrected chi connectivity index (χ3v) is 6.08. The van der Waals surface area contributed by atoms with Crippen molar-refractivity contribution < 1.29 is 9.18 Å². The summed E-state index contributed by atoms with van der Waals surface area (Å²) in [4.78, 5) is 26.4. The number of amides is 1. The van der Waals surface area contributed by atoms with Gasteiger partial charge in [-0.1, -0.05) is 17.7 Å². The SMILES string of the molecule is Cc1nc(-c2ccc(F)cc2)sc1C(=O)N1CCN(c2cccc(Cl)n2)CC1. The summed E-state index contributed by atoms with van der Waals surface area (Å²) < 4.78 is 13.1. The Kier molecular flexibility index (Phi) is 5.28. The molecule has 3 heterocycles. The monoisotopic (exact) mass is 416 g/mol. The van der Waals surface area contributed by atoms with Gasteiger partial charge in [-0.05, 0) is 43.3 Å². The molecule has 0 atom stereocenters. The average molecular weight is 417 g/mol. The van der Waals surface area contributed by atoms with Gasteiger partial charge in [0.1, 0.15) is 26.7 Å². The molecule has 2 aromatic heterocycles. The molecular weight excluding hydrogens is 399 g/mol. The Hall–Kier alpha value is -2.51. The molecule has 4 rings (SSSR count). The molecule has 0 bridgehead atoms. The summed E-state index contributed by atoms with van der Waals surface area (Å²) in [6.45, 7) is 4.44. The number of anilines is 1. The molecule has 1 aliphatic heterocycles. The predicted octanol–water partition coefficient (Wildman–Crippen LogP) is 4.27. The van der Waals surface area contributed by atoms with E-state index >= 15 is 0 Å². The van der Waals surface area contributed by atoms with Gasteiger partial charge >= 0.3 is 0 Å². The van der Waals surface area contributed by atoms with Gasteiger partial charge in [-0.3, -0.25) is 4.79 Å². The molecule has 5 nitrogen and oxygen atoms in total. The zero-order valence-corrected chi connectivity index (χ0v) is 16.8. The van der Waals surface area contributed by atoms with Crippen LogP contribution in [0.1, 0.15) is 15.4 Å². The third-order valence-electron chi connectivity index (χ3n) is 4.67. The minimum Gasteiger partial charge on any atom is -0.353 e. The van der Waals surface area contributed by atoms with E-state index in [9.17, 15) is 9.18 Å². The Morgan fingerprint density at radius 2 is 1.79 bits per heavy atom. The average Bonchev–Trinajstić information content (AvgIpc) is 3.10. The van der Waals surface area contributed by atoms with Gasteiger partial charge in [-0.25, -0.2) is 14.4 Å². The van der Waals surface area contributed by atoms with Crippen LogP contribution < -0.4 is 4.90 Å². The van der Waals surface area contributed by atoms with E-state index in [2.05, 4.69) is 14.9 Å². The van der Waals surface area contributed by atoms with E-state index in [1.807, 2.05) is 24.0 Å². The van der Waals surface area contributed by atoms with Gasteiger partial charge in [0.05, 0.1) is 5.69 Å². The number of carbonyl (C=O) groups is 1. The maximum absolute atomic E-state index is 13.1. The molecule has 0 radical (unpaired) electrons. The second-order valence-electron chi connectivity index (χ2n) is 6.54. The minimum absolute atomic E-state index is 0.0120. The molecule has 8 heteroatoms. The summed E-state index contributed by atoms with van der Waals surface area (Å²) >= 11 is 7.32. The van der Waals surface area contributed by atoms with Crippen molar-refractivity contribution in [1.82, 2.24) is 14.9 Å². The van der Waals surface area contributed by atoms with Crippen molar-refractivity contribution in [3.05, 3.63) is 64.0 Å². The van der Waals surface area contributed by atoms with Crippen LogP contribution in [0.4, 0.5) is 10.2 Å². The zero-order chi connectivity index (χ0) is 19.7. The van der Waals surface area contributed by atoms with E-state index in [1.165, 1.54) is 23.5 Å². The molecular formula is C20H18ClFN4OS. The second-order valence-corrected chi connectivity index (χ2v) is 7.92. The lowest BCUT2D eigenvalue weighted by atomic mass is 10.2. The number of rotatable bonds is 3. The van der Waals surface area contributed by atoms with Crippen LogP contribution in [0, 0.1) is 12.7 Å². The fourth-order valence-corrected chi connectivity index (χ4v) is 4.37. The summed E-state index contributed by atoms with van der Waals surface area (Å²) in [7, 11) is 0. The Balaban J connectivity index is 1.46. The molecule has 1 fully saturated rings. The molecule has 1 aliphatic rings. The number of aromatic nitrogens is 2. The van der Waals surface area contributed by atoms with Crippen LogP contribution in [-0.4, -0.2) is 47.0 Å². The van der Waals surface area contributed by atoms with Crippen molar-refractivity contribution in [3.8, 4) is 10.6 Å². The lowest BCUT2D eigenvalue weighted by Crippen LogP contribution is -2.49. The van der Waals surface area contributed by atoms with E-state index in [1.54, 1.807) is 18.2 Å². The maximum Gasteiger partial charge on any atom is 0.265 e. The lowest BCUT2D eigenvalue weighted by Gasteiger charge is -2.35. The van der Waals surface area contributed by atoms with Gasteiger partial charge in [0, 0.05) is 31.7 Å². The molecule has 0 unspecified atom stereocenters. The largest absolute Gasteiger partial charge is 0.353 e. The maximum atomic E-state index is 13.1. The first-order chi connectivity index (χ1) is 13.5. The van der Waals surface area contributed by atoms with E-state index in [0.717, 1.165) is 16.4 Å². The normalized spacial score (nSPS) is 14.4. The molecule has 0 spiro atoms. The zero-order valence-electron chi connectivity index (χ0n) is 15.2. The molecule has 0 aliphatic carbocycles. The number of thiazole rings is 1. The van der Waals surface area contributed by atoms with Gasteiger partial charge in [-0.2, -0.15) is 0 Å². The van der Waals surface area contributed by atoms with Crippen LogP contribution in [0.3, 0.4) is 0 Å². The Morgan fingerprint density at radius 1 is 1.07 bits per heavy atom. The summed E-state index contributed by atoms with van der Waals surface area (Å²) in [5.41, 5.74) is 1.51. The molecule has 1 amide bonds. The summed E-state index contributed by atoms with van der Waals surface area (Å²) in [6.07, 6.45) is 0. The molecule has 1 saturated heterocycles. The number of hydrogen-bond acceptors (Lipinski definition) is 5. The molecule has 1 aromatic carbocycles. The fraction of sp³-hybridized carbons (Fsp3) is 0.250. The van der Waals surface area contributed by atoms with Crippen LogP contribution in [0.2, 0.25) is 5.15 Å². The van der Waals surface area contributed by atoms with E-state index in [4.69, 9.17) is 11.6 Å². The number of carbonyl (C=O) groups excluding carboxylic acids is 1. The Labute approximate surface area is 171 Å². The van der Waals surface area contributed by atoms with Crippen LogP contribution in [0.15, 0.2) is 42.5 Å². The number of piperazine rings is 1. The highest BCUT2D eigenvalue weighted by molar-refractivity contribution is 7.17. The first-order valence-corrected chi connectivity index (χ1v) is 10.1. The van der Waals surface area contributed by atoms with Crippen molar-refractivity contribution in [2.75, 3.05) is 31.1 Å². The number of hydrogen-bond donors (Lipinski definition) is 0. The van der Waals surface area contributed by atoms with Gasteiger partial charge < -0.3 is 9.80 Å². The van der Waals surface area contributed by atoms with Crippen molar-refractivity contribution in [3.63, 3.8) is 0 Å². The van der Waals surface area contributed by atoms with Gasteiger partial charge in [0.15, 0.2) is 0 Å². The first-order valence-electron chi connectivity index (χ1n) is 8.91. The third kappa shape index (κ3) is 3.86. The molecule has 3 aromatic rings. The van der Waals surface area contributed by atoms with Gasteiger partial charge in [-0.15, -0.1) is 11.3 Å². The van der Waals surface area contributed by atoms with Gasteiger partial charge in [0.25, 0.3) is 5.91 Å². The van der Waals surface area contributed by atoms with E-state index in [0.29, 0.717) is 41.9 Å². The van der Waals surface area contributed by atoms with Crippen LogP contribution in [0.5, 0.6) is 0 Å². The van der Waals surface area contributed by atoms with E-state index in [-0.39, 0.29) is 11.7 Å². The van der Waals surface area contributed by atoms with Crippen molar-refractivity contribution in [2.45, 2.75) is 6.92 Å².